The lowest BCUT2D eigenvalue weighted by Crippen LogP contribution is -2.25. The summed E-state index contributed by atoms with van der Waals surface area (Å²) >= 11 is 5.33. The largest absolute Gasteiger partial charge is 0.380 e. The van der Waals surface area contributed by atoms with E-state index >= 15 is 0 Å². The highest BCUT2D eigenvalue weighted by atomic mass is 79.9. The number of hydrogen-bond acceptors (Lipinski definition) is 3. The number of rotatable bonds is 2. The molecule has 1 aromatic heterocycles. The Balaban J connectivity index is 1.92. The molecule has 1 aromatic rings. The van der Waals surface area contributed by atoms with Gasteiger partial charge < -0.3 is 4.74 Å². The molecule has 0 bridgehead atoms. The lowest BCUT2D eigenvalue weighted by atomic mass is 10.3. The Labute approximate surface area is 97.0 Å². The first-order valence-corrected chi connectivity index (χ1v) is 6.55. The molecule has 1 aliphatic rings. The third kappa shape index (κ3) is 2.79. The van der Waals surface area contributed by atoms with Gasteiger partial charge in [-0.05, 0) is 39.4 Å². The van der Waals surface area contributed by atoms with E-state index in [1.165, 1.54) is 9.35 Å². The monoisotopic (exact) mass is 275 g/mol. The number of hydrogen-bond donors (Lipinski definition) is 0. The van der Waals surface area contributed by atoms with E-state index in [1.54, 1.807) is 11.3 Å². The van der Waals surface area contributed by atoms with Crippen molar-refractivity contribution in [2.45, 2.75) is 13.0 Å². The highest BCUT2D eigenvalue weighted by Gasteiger charge is 2.11. The molecule has 0 N–H and O–H groups in total. The molecule has 2 nitrogen and oxygen atoms in total. The minimum Gasteiger partial charge on any atom is -0.380 e. The smallest absolute Gasteiger partial charge is 0.0743 e. The van der Waals surface area contributed by atoms with Crippen LogP contribution in [0.4, 0.5) is 0 Å². The molecule has 4 heteroatoms. The first-order chi connectivity index (χ1) is 6.86. The van der Waals surface area contributed by atoms with E-state index in [0.717, 1.165) is 39.3 Å². The normalized spacial score (nSPS) is 19.5. The number of nitrogens with zero attached hydrogens (tertiary/aromatic N) is 1. The number of ether oxygens (including phenoxy) is 1. The fourth-order valence-corrected chi connectivity index (χ4v) is 2.85. The highest BCUT2D eigenvalue weighted by Crippen LogP contribution is 2.24. The first-order valence-electron chi connectivity index (χ1n) is 4.88. The molecule has 1 fully saturated rings. The Hall–Kier alpha value is 0.1000. The molecular formula is C10H14BrNOS. The third-order valence-electron chi connectivity index (χ3n) is 2.40. The Bertz CT molecular complexity index is 281. The van der Waals surface area contributed by atoms with Crippen LogP contribution in [0.25, 0.3) is 0 Å². The fraction of sp³-hybridized carbons (Fsp3) is 0.600. The maximum absolute atomic E-state index is 5.42. The highest BCUT2D eigenvalue weighted by molar-refractivity contribution is 9.11. The van der Waals surface area contributed by atoms with Crippen LogP contribution in [-0.4, -0.2) is 31.2 Å². The summed E-state index contributed by atoms with van der Waals surface area (Å²) in [6.45, 7) is 5.06. The second kappa shape index (κ2) is 5.26. The van der Waals surface area contributed by atoms with Crippen LogP contribution >= 0.6 is 27.3 Å². The van der Waals surface area contributed by atoms with Crippen molar-refractivity contribution in [1.82, 2.24) is 4.90 Å². The molecule has 14 heavy (non-hydrogen) atoms. The molecule has 78 valence electrons. The van der Waals surface area contributed by atoms with Crippen LogP contribution in [0.1, 0.15) is 12.0 Å². The molecule has 0 spiro atoms. The molecule has 0 aliphatic carbocycles. The lowest BCUT2D eigenvalue weighted by molar-refractivity contribution is 0.140. The molecule has 0 amide bonds. The van der Waals surface area contributed by atoms with Crippen molar-refractivity contribution in [3.63, 3.8) is 0 Å². The zero-order valence-corrected chi connectivity index (χ0v) is 10.4. The van der Waals surface area contributed by atoms with E-state index in [2.05, 4.69) is 32.3 Å². The Morgan fingerprint density at radius 2 is 2.36 bits per heavy atom. The second-order valence-electron chi connectivity index (χ2n) is 3.46. The molecule has 0 atom stereocenters. The summed E-state index contributed by atoms with van der Waals surface area (Å²) in [5.74, 6) is 0. The average Bonchev–Trinajstić information content (AvgIpc) is 2.44. The van der Waals surface area contributed by atoms with E-state index in [4.69, 9.17) is 4.74 Å². The van der Waals surface area contributed by atoms with E-state index in [9.17, 15) is 0 Å². The molecule has 2 rings (SSSR count). The van der Waals surface area contributed by atoms with Crippen LogP contribution in [0.15, 0.2) is 15.2 Å². The van der Waals surface area contributed by atoms with Gasteiger partial charge >= 0.3 is 0 Å². The topological polar surface area (TPSA) is 12.5 Å². The van der Waals surface area contributed by atoms with Crippen molar-refractivity contribution in [3.8, 4) is 0 Å². The second-order valence-corrected chi connectivity index (χ2v) is 5.70. The Morgan fingerprint density at radius 1 is 1.43 bits per heavy atom. The van der Waals surface area contributed by atoms with E-state index < -0.39 is 0 Å². The number of thiophene rings is 1. The maximum Gasteiger partial charge on any atom is 0.0743 e. The van der Waals surface area contributed by atoms with Gasteiger partial charge in [-0.3, -0.25) is 4.90 Å². The van der Waals surface area contributed by atoms with Crippen molar-refractivity contribution in [1.29, 1.82) is 0 Å². The van der Waals surface area contributed by atoms with Gasteiger partial charge in [-0.1, -0.05) is 0 Å². The van der Waals surface area contributed by atoms with Crippen LogP contribution in [0, 0.1) is 0 Å². The molecular weight excluding hydrogens is 262 g/mol. The van der Waals surface area contributed by atoms with E-state index in [0.29, 0.717) is 0 Å². The maximum atomic E-state index is 5.42. The minimum absolute atomic E-state index is 0.877. The van der Waals surface area contributed by atoms with Crippen molar-refractivity contribution in [3.05, 3.63) is 20.8 Å². The Kier molecular flexibility index (Phi) is 3.99. The van der Waals surface area contributed by atoms with E-state index in [1.807, 2.05) is 0 Å². The summed E-state index contributed by atoms with van der Waals surface area (Å²) in [5.41, 5.74) is 1.40. The van der Waals surface area contributed by atoms with Crippen LogP contribution in [-0.2, 0) is 11.3 Å². The summed E-state index contributed by atoms with van der Waals surface area (Å²) < 4.78 is 6.69. The van der Waals surface area contributed by atoms with Crippen molar-refractivity contribution in [2.24, 2.45) is 0 Å². The number of halogens is 1. The quantitative estimate of drug-likeness (QED) is 0.823. The predicted octanol–water partition coefficient (Wildman–Crippen LogP) is 2.73. The van der Waals surface area contributed by atoms with Crippen molar-refractivity contribution < 1.29 is 4.74 Å². The summed E-state index contributed by atoms with van der Waals surface area (Å²) in [6, 6.07) is 2.19. The minimum atomic E-state index is 0.877. The summed E-state index contributed by atoms with van der Waals surface area (Å²) in [5, 5.41) is 2.13. The molecule has 0 aromatic carbocycles. The zero-order chi connectivity index (χ0) is 9.80. The molecule has 2 heterocycles. The molecule has 0 saturated carbocycles. The SMILES string of the molecule is Brc1sccc1CN1CCCOCC1. The van der Waals surface area contributed by atoms with Gasteiger partial charge in [0.1, 0.15) is 0 Å². The van der Waals surface area contributed by atoms with Gasteiger partial charge in [0.15, 0.2) is 0 Å². The van der Waals surface area contributed by atoms with Crippen LogP contribution in [0.5, 0.6) is 0 Å². The van der Waals surface area contributed by atoms with Gasteiger partial charge in [0.05, 0.1) is 10.4 Å². The van der Waals surface area contributed by atoms with Crippen LogP contribution in [0.2, 0.25) is 0 Å². The van der Waals surface area contributed by atoms with Crippen LogP contribution < -0.4 is 0 Å². The van der Waals surface area contributed by atoms with Gasteiger partial charge in [0, 0.05) is 26.2 Å². The summed E-state index contributed by atoms with van der Waals surface area (Å²) in [7, 11) is 0. The van der Waals surface area contributed by atoms with Gasteiger partial charge in [-0.2, -0.15) is 0 Å². The van der Waals surface area contributed by atoms with Gasteiger partial charge in [0.25, 0.3) is 0 Å². The molecule has 0 radical (unpaired) electrons. The average molecular weight is 276 g/mol. The van der Waals surface area contributed by atoms with E-state index in [-0.39, 0.29) is 0 Å². The molecule has 1 saturated heterocycles. The lowest BCUT2D eigenvalue weighted by Gasteiger charge is -2.18. The summed E-state index contributed by atoms with van der Waals surface area (Å²) in [6.07, 6.45) is 1.15. The third-order valence-corrected chi connectivity index (χ3v) is 4.21. The fourth-order valence-electron chi connectivity index (χ4n) is 1.63. The van der Waals surface area contributed by atoms with Crippen molar-refractivity contribution in [2.75, 3.05) is 26.3 Å². The van der Waals surface area contributed by atoms with Gasteiger partial charge in [-0.25, -0.2) is 0 Å². The summed E-state index contributed by atoms with van der Waals surface area (Å²) in [4.78, 5) is 2.46. The van der Waals surface area contributed by atoms with Crippen LogP contribution in [0.3, 0.4) is 0 Å². The zero-order valence-electron chi connectivity index (χ0n) is 8.04. The van der Waals surface area contributed by atoms with Gasteiger partial charge in [0.2, 0.25) is 0 Å². The predicted molar refractivity (Wildman–Crippen MR) is 62.7 cm³/mol. The molecule has 1 aliphatic heterocycles. The molecule has 0 unspecified atom stereocenters. The Morgan fingerprint density at radius 3 is 3.14 bits per heavy atom. The van der Waals surface area contributed by atoms with Crippen molar-refractivity contribution >= 4 is 27.3 Å². The standard InChI is InChI=1S/C10H14BrNOS/c11-10-9(2-7-14-10)8-12-3-1-5-13-6-4-12/h2,7H,1,3-6,8H2. The van der Waals surface area contributed by atoms with Gasteiger partial charge in [-0.15, -0.1) is 11.3 Å². The first kappa shape index (κ1) is 10.6.